The van der Waals surface area contributed by atoms with Crippen molar-refractivity contribution in [3.63, 3.8) is 0 Å². The first-order chi connectivity index (χ1) is 14.5. The number of carbonyl (C=O) groups excluding carboxylic acids is 2. The van der Waals surface area contributed by atoms with E-state index >= 15 is 0 Å². The normalized spacial score (nSPS) is 18.5. The first-order valence-electron chi connectivity index (χ1n) is 10.7. The van der Waals surface area contributed by atoms with E-state index in [1.807, 2.05) is 59.5 Å². The van der Waals surface area contributed by atoms with E-state index in [0.29, 0.717) is 32.0 Å². The molecule has 160 valence electrons. The second-order valence-electron chi connectivity index (χ2n) is 8.42. The van der Waals surface area contributed by atoms with E-state index in [4.69, 9.17) is 4.74 Å². The number of likely N-dealkylation sites (tertiary alicyclic amines) is 1. The Balaban J connectivity index is 1.76. The fourth-order valence-corrected chi connectivity index (χ4v) is 3.98. The minimum Gasteiger partial charge on any atom is -0.497 e. The zero-order valence-electron chi connectivity index (χ0n) is 18.1. The predicted octanol–water partition coefficient (Wildman–Crippen LogP) is 3.64. The molecule has 0 saturated carbocycles. The standard InChI is InChI=1S/C25H32N2O3/c1-18(2)12-13-26-25(29)23-17-27(24(28)14-19-8-5-4-6-9-19)16-22(23)20-10-7-11-21(15-20)30-3/h4-11,15,18,22-23H,12-14,16-17H2,1-3H3,(H,26,29). The SMILES string of the molecule is COc1cccc(C2CN(C(=O)Cc3ccccc3)CC2C(=O)NCCC(C)C)c1. The first-order valence-corrected chi connectivity index (χ1v) is 10.7. The monoisotopic (exact) mass is 408 g/mol. The highest BCUT2D eigenvalue weighted by molar-refractivity contribution is 5.84. The van der Waals surface area contributed by atoms with Gasteiger partial charge in [0.15, 0.2) is 0 Å². The maximum atomic E-state index is 13.0. The molecule has 0 spiro atoms. The number of hydrogen-bond donors (Lipinski definition) is 1. The number of rotatable bonds is 8. The average molecular weight is 409 g/mol. The Labute approximate surface area is 179 Å². The lowest BCUT2D eigenvalue weighted by atomic mass is 9.88. The van der Waals surface area contributed by atoms with Gasteiger partial charge in [0.05, 0.1) is 19.4 Å². The van der Waals surface area contributed by atoms with Gasteiger partial charge in [-0.1, -0.05) is 56.3 Å². The second kappa shape index (κ2) is 10.3. The van der Waals surface area contributed by atoms with Crippen LogP contribution >= 0.6 is 0 Å². The molecule has 3 rings (SSSR count). The van der Waals surface area contributed by atoms with Gasteiger partial charge in [-0.25, -0.2) is 0 Å². The van der Waals surface area contributed by atoms with Crippen LogP contribution in [0.5, 0.6) is 5.75 Å². The number of nitrogens with zero attached hydrogens (tertiary/aromatic N) is 1. The molecule has 0 bridgehead atoms. The molecule has 2 amide bonds. The maximum absolute atomic E-state index is 13.0. The summed E-state index contributed by atoms with van der Waals surface area (Å²) in [6, 6.07) is 17.6. The van der Waals surface area contributed by atoms with Crippen LogP contribution in [0.2, 0.25) is 0 Å². The van der Waals surface area contributed by atoms with Crippen LogP contribution in [-0.4, -0.2) is 43.5 Å². The fraction of sp³-hybridized carbons (Fsp3) is 0.440. The molecule has 0 aromatic heterocycles. The summed E-state index contributed by atoms with van der Waals surface area (Å²) in [5.41, 5.74) is 2.03. The molecule has 2 atom stereocenters. The molecule has 1 fully saturated rings. The third kappa shape index (κ3) is 5.62. The van der Waals surface area contributed by atoms with Gasteiger partial charge in [-0.15, -0.1) is 0 Å². The first kappa shape index (κ1) is 21.9. The minimum atomic E-state index is -0.260. The Morgan fingerprint density at radius 1 is 1.10 bits per heavy atom. The van der Waals surface area contributed by atoms with Gasteiger partial charge in [-0.05, 0) is 35.6 Å². The van der Waals surface area contributed by atoms with Crippen molar-refractivity contribution in [3.8, 4) is 5.75 Å². The van der Waals surface area contributed by atoms with Gasteiger partial charge < -0.3 is 15.0 Å². The van der Waals surface area contributed by atoms with Crippen molar-refractivity contribution in [2.45, 2.75) is 32.6 Å². The Hall–Kier alpha value is -2.82. The number of amides is 2. The number of nitrogens with one attached hydrogen (secondary N) is 1. The number of hydrogen-bond acceptors (Lipinski definition) is 3. The van der Waals surface area contributed by atoms with E-state index in [0.717, 1.165) is 23.3 Å². The Morgan fingerprint density at radius 2 is 1.87 bits per heavy atom. The summed E-state index contributed by atoms with van der Waals surface area (Å²) < 4.78 is 5.37. The second-order valence-corrected chi connectivity index (χ2v) is 8.42. The molecule has 5 nitrogen and oxygen atoms in total. The Bertz CT molecular complexity index is 850. The summed E-state index contributed by atoms with van der Waals surface area (Å²) in [6.07, 6.45) is 1.30. The van der Waals surface area contributed by atoms with Gasteiger partial charge in [-0.2, -0.15) is 0 Å². The Morgan fingerprint density at radius 3 is 2.57 bits per heavy atom. The number of methoxy groups -OCH3 is 1. The Kier molecular flexibility index (Phi) is 7.50. The summed E-state index contributed by atoms with van der Waals surface area (Å²) >= 11 is 0. The number of benzene rings is 2. The molecule has 5 heteroatoms. The molecule has 2 unspecified atom stereocenters. The van der Waals surface area contributed by atoms with E-state index in [1.165, 1.54) is 0 Å². The highest BCUT2D eigenvalue weighted by Gasteiger charge is 2.40. The lowest BCUT2D eigenvalue weighted by Crippen LogP contribution is -2.36. The van der Waals surface area contributed by atoms with Crippen LogP contribution in [0.25, 0.3) is 0 Å². The van der Waals surface area contributed by atoms with Crippen LogP contribution in [-0.2, 0) is 16.0 Å². The molecule has 0 radical (unpaired) electrons. The minimum absolute atomic E-state index is 0.0264. The van der Waals surface area contributed by atoms with Gasteiger partial charge in [0, 0.05) is 25.6 Å². The third-order valence-corrected chi connectivity index (χ3v) is 5.75. The zero-order chi connectivity index (χ0) is 21.5. The molecule has 1 heterocycles. The van der Waals surface area contributed by atoms with E-state index in [-0.39, 0.29) is 23.7 Å². The molecule has 0 aliphatic carbocycles. The van der Waals surface area contributed by atoms with Crippen molar-refractivity contribution in [1.29, 1.82) is 0 Å². The van der Waals surface area contributed by atoms with E-state index in [2.05, 4.69) is 19.2 Å². The van der Waals surface area contributed by atoms with Gasteiger partial charge in [-0.3, -0.25) is 9.59 Å². The lowest BCUT2D eigenvalue weighted by Gasteiger charge is -2.19. The van der Waals surface area contributed by atoms with Gasteiger partial charge in [0.2, 0.25) is 11.8 Å². The molecule has 1 aliphatic rings. The average Bonchev–Trinajstić information content (AvgIpc) is 3.20. The van der Waals surface area contributed by atoms with Crippen molar-refractivity contribution in [2.24, 2.45) is 11.8 Å². The van der Waals surface area contributed by atoms with Crippen LogP contribution in [0.1, 0.15) is 37.3 Å². The summed E-state index contributed by atoms with van der Waals surface area (Å²) in [6.45, 7) is 5.94. The highest BCUT2D eigenvalue weighted by Crippen LogP contribution is 2.34. The quantitative estimate of drug-likeness (QED) is 0.725. The third-order valence-electron chi connectivity index (χ3n) is 5.75. The topological polar surface area (TPSA) is 58.6 Å². The molecule has 30 heavy (non-hydrogen) atoms. The van der Waals surface area contributed by atoms with Crippen LogP contribution in [0.15, 0.2) is 54.6 Å². The molecular weight excluding hydrogens is 376 g/mol. The number of carbonyl (C=O) groups is 2. The maximum Gasteiger partial charge on any atom is 0.227 e. The summed E-state index contributed by atoms with van der Waals surface area (Å²) in [5.74, 6) is 1.08. The van der Waals surface area contributed by atoms with Gasteiger partial charge in [0.25, 0.3) is 0 Å². The molecule has 1 saturated heterocycles. The van der Waals surface area contributed by atoms with Gasteiger partial charge in [0.1, 0.15) is 5.75 Å². The number of ether oxygens (including phenoxy) is 1. The van der Waals surface area contributed by atoms with E-state index < -0.39 is 0 Å². The molecule has 2 aromatic carbocycles. The van der Waals surface area contributed by atoms with Crippen molar-refractivity contribution in [1.82, 2.24) is 10.2 Å². The summed E-state index contributed by atoms with van der Waals surface area (Å²) in [7, 11) is 1.64. The summed E-state index contributed by atoms with van der Waals surface area (Å²) in [4.78, 5) is 27.8. The van der Waals surface area contributed by atoms with Crippen LogP contribution in [0.3, 0.4) is 0 Å². The molecule has 1 N–H and O–H groups in total. The van der Waals surface area contributed by atoms with Crippen LogP contribution in [0, 0.1) is 11.8 Å². The van der Waals surface area contributed by atoms with Crippen molar-refractivity contribution < 1.29 is 14.3 Å². The van der Waals surface area contributed by atoms with Crippen LogP contribution in [0.4, 0.5) is 0 Å². The van der Waals surface area contributed by atoms with E-state index in [9.17, 15) is 9.59 Å². The molecule has 2 aromatic rings. The van der Waals surface area contributed by atoms with Gasteiger partial charge >= 0.3 is 0 Å². The highest BCUT2D eigenvalue weighted by atomic mass is 16.5. The molecule has 1 aliphatic heterocycles. The fourth-order valence-electron chi connectivity index (χ4n) is 3.98. The zero-order valence-corrected chi connectivity index (χ0v) is 18.1. The summed E-state index contributed by atoms with van der Waals surface area (Å²) in [5, 5.41) is 3.09. The smallest absolute Gasteiger partial charge is 0.227 e. The van der Waals surface area contributed by atoms with Crippen molar-refractivity contribution >= 4 is 11.8 Å². The molecular formula is C25H32N2O3. The van der Waals surface area contributed by atoms with Crippen LogP contribution < -0.4 is 10.1 Å². The van der Waals surface area contributed by atoms with E-state index in [1.54, 1.807) is 7.11 Å². The van der Waals surface area contributed by atoms with Crippen molar-refractivity contribution in [2.75, 3.05) is 26.7 Å². The lowest BCUT2D eigenvalue weighted by molar-refractivity contribution is -0.130. The van der Waals surface area contributed by atoms with Crippen molar-refractivity contribution in [3.05, 3.63) is 65.7 Å². The predicted molar refractivity (Wildman–Crippen MR) is 118 cm³/mol. The largest absolute Gasteiger partial charge is 0.497 e.